The summed E-state index contributed by atoms with van der Waals surface area (Å²) in [5, 5.41) is 113. The second-order valence-corrected chi connectivity index (χ2v) is 12.8. The lowest BCUT2D eigenvalue weighted by Gasteiger charge is -2.43. The molecule has 3 heterocycles. The number of phenols is 6. The van der Waals surface area contributed by atoms with Crippen molar-refractivity contribution in [2.24, 2.45) is 0 Å². The summed E-state index contributed by atoms with van der Waals surface area (Å²) < 4.78 is 33.6. The molecule has 2 saturated heterocycles. The van der Waals surface area contributed by atoms with Gasteiger partial charge in [-0.2, -0.15) is 0 Å². The summed E-state index contributed by atoms with van der Waals surface area (Å²) in [5.41, 5.74) is -1.11. The summed E-state index contributed by atoms with van der Waals surface area (Å²) in [6, 6.07) is 8.95. The number of fused-ring (bicyclic) bond motifs is 1. The summed E-state index contributed by atoms with van der Waals surface area (Å²) in [7, 11) is 0. The number of aliphatic hydroxyl groups is 5. The monoisotopic (exact) mass is 772 g/mol. The number of carbonyl (C=O) groups excluding carboxylic acids is 1. The van der Waals surface area contributed by atoms with E-state index in [1.807, 2.05) is 0 Å². The number of carbonyl (C=O) groups is 1. The van der Waals surface area contributed by atoms with Crippen molar-refractivity contribution in [1.29, 1.82) is 0 Å². The van der Waals surface area contributed by atoms with Crippen LogP contribution in [0.3, 0.4) is 0 Å². The van der Waals surface area contributed by atoms with Gasteiger partial charge in [-0.15, -0.1) is 0 Å². The van der Waals surface area contributed by atoms with Crippen LogP contribution in [0.5, 0.6) is 40.2 Å². The number of rotatable bonds is 9. The van der Waals surface area contributed by atoms with Crippen LogP contribution >= 0.6 is 0 Å². The first-order valence-corrected chi connectivity index (χ1v) is 16.5. The van der Waals surface area contributed by atoms with E-state index in [2.05, 4.69) is 0 Å². The smallest absolute Gasteiger partial charge is 0.331 e. The molecule has 0 unspecified atom stereocenters. The molecule has 294 valence electrons. The quantitative estimate of drug-likeness (QED) is 0.0605. The summed E-state index contributed by atoms with van der Waals surface area (Å²) in [6.07, 6.45) is -14.8. The standard InChI is InChI=1S/C36H36O19/c1-13-32(54-24(43)7-3-14-2-5-17(38)19(40)8-14)29(47)31(49)35(51-13)50-12-23-26(44)28(46)30(48)36(53-23)55-34-27(45)25-21(42)10-16(37)11-22(25)52-33(34)15-4-6-18(39)20(41)9-15/h2-11,13,23,26,28-32,35-42,44,46-49H,12H2,1H3/t13-,23-,26+,28+,29-,30-,31+,32-,35+,36+/m1/s1. The lowest BCUT2D eigenvalue weighted by atomic mass is 9.98. The van der Waals surface area contributed by atoms with Crippen molar-refractivity contribution in [2.75, 3.05) is 6.61 Å². The average molecular weight is 773 g/mol. The van der Waals surface area contributed by atoms with Crippen LogP contribution in [0.25, 0.3) is 28.4 Å². The number of esters is 1. The van der Waals surface area contributed by atoms with Crippen molar-refractivity contribution in [3.05, 3.63) is 70.4 Å². The number of phenolic OH excluding ortho intramolecular Hbond substituents is 6. The zero-order chi connectivity index (χ0) is 39.9. The summed E-state index contributed by atoms with van der Waals surface area (Å²) in [4.78, 5) is 26.2. The molecular formula is C36H36O19. The Morgan fingerprint density at radius 2 is 1.42 bits per heavy atom. The van der Waals surface area contributed by atoms with E-state index >= 15 is 0 Å². The highest BCUT2D eigenvalue weighted by Gasteiger charge is 2.49. The molecule has 3 aromatic carbocycles. The lowest BCUT2D eigenvalue weighted by molar-refractivity contribution is -0.319. The van der Waals surface area contributed by atoms with E-state index in [1.165, 1.54) is 37.3 Å². The first-order chi connectivity index (χ1) is 26.0. The Kier molecular flexibility index (Phi) is 11.1. The fraction of sp³-hybridized carbons (Fsp3) is 0.333. The zero-order valence-corrected chi connectivity index (χ0v) is 28.4. The van der Waals surface area contributed by atoms with Gasteiger partial charge >= 0.3 is 5.97 Å². The molecule has 0 saturated carbocycles. The highest BCUT2D eigenvalue weighted by Crippen LogP contribution is 2.39. The van der Waals surface area contributed by atoms with Crippen molar-refractivity contribution in [3.8, 4) is 51.6 Å². The van der Waals surface area contributed by atoms with Gasteiger partial charge in [-0.25, -0.2) is 4.79 Å². The zero-order valence-electron chi connectivity index (χ0n) is 28.4. The van der Waals surface area contributed by atoms with Gasteiger partial charge in [-0.3, -0.25) is 4.79 Å². The van der Waals surface area contributed by atoms with Crippen molar-refractivity contribution in [2.45, 2.75) is 68.3 Å². The van der Waals surface area contributed by atoms with E-state index in [9.17, 15) is 65.8 Å². The van der Waals surface area contributed by atoms with Gasteiger partial charge in [0.2, 0.25) is 17.5 Å². The summed E-state index contributed by atoms with van der Waals surface area (Å²) >= 11 is 0. The molecule has 10 atom stereocenters. The predicted molar refractivity (Wildman–Crippen MR) is 183 cm³/mol. The van der Waals surface area contributed by atoms with Crippen LogP contribution in [0.15, 0.2) is 63.8 Å². The van der Waals surface area contributed by atoms with Gasteiger partial charge in [0.1, 0.15) is 59.1 Å². The lowest BCUT2D eigenvalue weighted by Crippen LogP contribution is -2.62. The molecule has 19 heteroatoms. The third kappa shape index (κ3) is 7.95. The van der Waals surface area contributed by atoms with Gasteiger partial charge < -0.3 is 84.3 Å². The molecule has 0 amide bonds. The third-order valence-corrected chi connectivity index (χ3v) is 8.92. The van der Waals surface area contributed by atoms with Crippen LogP contribution in [0.1, 0.15) is 12.5 Å². The minimum absolute atomic E-state index is 0.0633. The van der Waals surface area contributed by atoms with E-state index in [1.54, 1.807) is 0 Å². The number of hydrogen-bond donors (Lipinski definition) is 11. The molecular weight excluding hydrogens is 736 g/mol. The van der Waals surface area contributed by atoms with Gasteiger partial charge in [0.15, 0.2) is 41.2 Å². The van der Waals surface area contributed by atoms with Crippen LogP contribution in [0.4, 0.5) is 0 Å². The summed E-state index contributed by atoms with van der Waals surface area (Å²) in [6.45, 7) is 0.713. The Morgan fingerprint density at radius 3 is 2.11 bits per heavy atom. The maximum Gasteiger partial charge on any atom is 0.331 e. The van der Waals surface area contributed by atoms with Gasteiger partial charge in [-0.1, -0.05) is 6.07 Å². The maximum absolute atomic E-state index is 13.7. The number of hydrogen-bond acceptors (Lipinski definition) is 19. The summed E-state index contributed by atoms with van der Waals surface area (Å²) in [5.74, 6) is -5.24. The fourth-order valence-corrected chi connectivity index (χ4v) is 5.98. The molecule has 55 heavy (non-hydrogen) atoms. The molecule has 4 aromatic rings. The van der Waals surface area contributed by atoms with Crippen LogP contribution in [0.2, 0.25) is 0 Å². The third-order valence-electron chi connectivity index (χ3n) is 8.92. The Bertz CT molecular complexity index is 2150. The first kappa shape index (κ1) is 39.1. The topological polar surface area (TPSA) is 316 Å². The van der Waals surface area contributed by atoms with Crippen molar-refractivity contribution < 1.29 is 89.1 Å². The number of aliphatic hydroxyl groups excluding tert-OH is 5. The second-order valence-electron chi connectivity index (χ2n) is 12.8. The molecule has 2 aliphatic heterocycles. The molecule has 19 nitrogen and oxygen atoms in total. The van der Waals surface area contributed by atoms with Crippen LogP contribution in [0, 0.1) is 0 Å². The second kappa shape index (κ2) is 15.6. The largest absolute Gasteiger partial charge is 0.508 e. The Hall–Kier alpha value is -5.64. The highest BCUT2D eigenvalue weighted by molar-refractivity contribution is 5.89. The maximum atomic E-state index is 13.7. The molecule has 2 fully saturated rings. The van der Waals surface area contributed by atoms with Gasteiger partial charge in [0.25, 0.3) is 0 Å². The molecule has 11 N–H and O–H groups in total. The van der Waals surface area contributed by atoms with Gasteiger partial charge in [-0.05, 0) is 48.9 Å². The molecule has 6 rings (SSSR count). The van der Waals surface area contributed by atoms with Gasteiger partial charge in [0.05, 0.1) is 12.7 Å². The Morgan fingerprint density at radius 1 is 0.745 bits per heavy atom. The normalized spacial score (nSPS) is 28.3. The van der Waals surface area contributed by atoms with Crippen LogP contribution in [-0.4, -0.2) is 130 Å². The van der Waals surface area contributed by atoms with Crippen molar-refractivity contribution >= 4 is 23.0 Å². The SMILES string of the molecule is C[C@H]1O[C@H](OC[C@H]2O[C@@H](Oc3c(-c4ccc(O)c(O)c4)oc4cc(O)cc(O)c4c3=O)[C@H](O)[C@@H](O)[C@H]2O)[C@@H](O)[C@@H](O)[C@@H]1OC(=O)C=Cc1ccc(O)c(O)c1. The van der Waals surface area contributed by atoms with E-state index in [0.717, 1.165) is 30.3 Å². The minimum atomic E-state index is -2.03. The van der Waals surface area contributed by atoms with Crippen molar-refractivity contribution in [1.82, 2.24) is 0 Å². The van der Waals surface area contributed by atoms with Crippen molar-refractivity contribution in [3.63, 3.8) is 0 Å². The number of benzene rings is 3. The number of aromatic hydroxyl groups is 6. The Balaban J connectivity index is 1.17. The average Bonchev–Trinajstić information content (AvgIpc) is 3.13. The highest BCUT2D eigenvalue weighted by atomic mass is 16.7. The molecule has 2 aliphatic rings. The first-order valence-electron chi connectivity index (χ1n) is 16.5. The van der Waals surface area contributed by atoms with E-state index in [0.29, 0.717) is 5.56 Å². The predicted octanol–water partition coefficient (Wildman–Crippen LogP) is -0.0116. The molecule has 0 aliphatic carbocycles. The van der Waals surface area contributed by atoms with Gasteiger partial charge in [0, 0.05) is 23.8 Å². The molecule has 0 bridgehead atoms. The minimum Gasteiger partial charge on any atom is -0.508 e. The van der Waals surface area contributed by atoms with E-state index < -0.39 is 125 Å². The van der Waals surface area contributed by atoms with Crippen LogP contribution in [-0.2, 0) is 23.7 Å². The van der Waals surface area contributed by atoms with E-state index in [4.69, 9.17) is 28.1 Å². The number of ether oxygens (including phenoxy) is 5. The molecule has 1 aromatic heterocycles. The fourth-order valence-electron chi connectivity index (χ4n) is 5.98. The van der Waals surface area contributed by atoms with Crippen LogP contribution < -0.4 is 10.2 Å². The van der Waals surface area contributed by atoms with E-state index in [-0.39, 0.29) is 16.9 Å². The molecule has 0 spiro atoms. The Labute approximate surface area is 308 Å². The molecule has 0 radical (unpaired) electrons.